The van der Waals surface area contributed by atoms with Gasteiger partial charge in [-0.05, 0) is 51.9 Å². The highest BCUT2D eigenvalue weighted by atomic mass is 79.9. The summed E-state index contributed by atoms with van der Waals surface area (Å²) >= 11 is 3.54. The van der Waals surface area contributed by atoms with Crippen molar-refractivity contribution in [3.8, 4) is 11.8 Å². The molecule has 7 heteroatoms. The standard InChI is InChI=1S/C20H28BrN3O3/c1-20(2,3)15-7-8-17(16(21)14-15)27-13-4-6-18(25)23-11-5-12-24-19(26)9-10-22/h7-8,14H,4-6,9,11-13H2,1-3H3,(H,23,25)(H,24,26). The molecule has 1 aromatic carbocycles. The smallest absolute Gasteiger partial charge is 0.234 e. The van der Waals surface area contributed by atoms with E-state index in [1.165, 1.54) is 5.56 Å². The van der Waals surface area contributed by atoms with Crippen molar-refractivity contribution in [3.63, 3.8) is 0 Å². The molecule has 0 heterocycles. The Morgan fingerprint density at radius 1 is 1.15 bits per heavy atom. The first-order chi connectivity index (χ1) is 12.7. The van der Waals surface area contributed by atoms with Gasteiger partial charge in [-0.1, -0.05) is 26.8 Å². The van der Waals surface area contributed by atoms with Gasteiger partial charge in [0.2, 0.25) is 11.8 Å². The van der Waals surface area contributed by atoms with Gasteiger partial charge in [0.15, 0.2) is 0 Å². The lowest BCUT2D eigenvalue weighted by atomic mass is 9.87. The maximum atomic E-state index is 11.8. The van der Waals surface area contributed by atoms with Gasteiger partial charge in [-0.15, -0.1) is 0 Å². The zero-order chi connectivity index (χ0) is 20.3. The van der Waals surface area contributed by atoms with E-state index in [0.29, 0.717) is 39.0 Å². The van der Waals surface area contributed by atoms with Gasteiger partial charge in [-0.3, -0.25) is 9.59 Å². The molecule has 1 aromatic rings. The zero-order valence-corrected chi connectivity index (χ0v) is 17.8. The van der Waals surface area contributed by atoms with Crippen molar-refractivity contribution < 1.29 is 14.3 Å². The Balaban J connectivity index is 2.18. The number of amides is 2. The van der Waals surface area contributed by atoms with Crippen molar-refractivity contribution in [2.45, 2.75) is 51.9 Å². The largest absolute Gasteiger partial charge is 0.492 e. The predicted molar refractivity (Wildman–Crippen MR) is 108 cm³/mol. The second-order valence-electron chi connectivity index (χ2n) is 7.24. The van der Waals surface area contributed by atoms with E-state index >= 15 is 0 Å². The molecule has 0 fully saturated rings. The highest BCUT2D eigenvalue weighted by molar-refractivity contribution is 9.10. The lowest BCUT2D eigenvalue weighted by Gasteiger charge is -2.20. The van der Waals surface area contributed by atoms with E-state index in [1.807, 2.05) is 6.07 Å². The van der Waals surface area contributed by atoms with Crippen LogP contribution in [-0.4, -0.2) is 31.5 Å². The molecule has 0 bridgehead atoms. The van der Waals surface area contributed by atoms with Crippen LogP contribution in [-0.2, 0) is 15.0 Å². The normalized spacial score (nSPS) is 10.8. The van der Waals surface area contributed by atoms with E-state index in [-0.39, 0.29) is 23.7 Å². The van der Waals surface area contributed by atoms with Crippen LogP contribution in [0.25, 0.3) is 0 Å². The first-order valence-corrected chi connectivity index (χ1v) is 9.86. The number of hydrogen-bond donors (Lipinski definition) is 2. The average Bonchev–Trinajstić information content (AvgIpc) is 2.58. The number of ether oxygens (including phenoxy) is 1. The van der Waals surface area contributed by atoms with Gasteiger partial charge in [0.05, 0.1) is 17.1 Å². The topological polar surface area (TPSA) is 91.2 Å². The fourth-order valence-corrected chi connectivity index (χ4v) is 2.76. The second kappa shape index (κ2) is 11.6. The molecule has 2 N–H and O–H groups in total. The van der Waals surface area contributed by atoms with Crippen LogP contribution < -0.4 is 15.4 Å². The van der Waals surface area contributed by atoms with E-state index < -0.39 is 0 Å². The molecule has 0 aliphatic carbocycles. The van der Waals surface area contributed by atoms with E-state index in [4.69, 9.17) is 10.00 Å². The van der Waals surface area contributed by atoms with Gasteiger partial charge in [0.25, 0.3) is 0 Å². The van der Waals surface area contributed by atoms with Crippen LogP contribution in [0.15, 0.2) is 22.7 Å². The Morgan fingerprint density at radius 3 is 2.41 bits per heavy atom. The van der Waals surface area contributed by atoms with Crippen LogP contribution in [0.4, 0.5) is 0 Å². The molecule has 0 saturated carbocycles. The molecule has 148 valence electrons. The van der Waals surface area contributed by atoms with Gasteiger partial charge >= 0.3 is 0 Å². The highest BCUT2D eigenvalue weighted by Gasteiger charge is 2.15. The Morgan fingerprint density at radius 2 is 1.81 bits per heavy atom. The van der Waals surface area contributed by atoms with E-state index in [2.05, 4.69) is 59.5 Å². The minimum absolute atomic E-state index is 0.0379. The molecule has 0 radical (unpaired) electrons. The fourth-order valence-electron chi connectivity index (χ4n) is 2.27. The molecule has 0 atom stereocenters. The maximum Gasteiger partial charge on any atom is 0.234 e. The quantitative estimate of drug-likeness (QED) is 0.548. The summed E-state index contributed by atoms with van der Waals surface area (Å²) in [6, 6.07) is 7.86. The van der Waals surface area contributed by atoms with Crippen molar-refractivity contribution in [3.05, 3.63) is 28.2 Å². The molecule has 0 spiro atoms. The maximum absolute atomic E-state index is 11.8. The summed E-state index contributed by atoms with van der Waals surface area (Å²) in [6.45, 7) is 7.89. The first-order valence-electron chi connectivity index (χ1n) is 9.07. The summed E-state index contributed by atoms with van der Waals surface area (Å²) in [5, 5.41) is 13.8. The molecule has 0 aliphatic heterocycles. The minimum Gasteiger partial charge on any atom is -0.492 e. The van der Waals surface area contributed by atoms with Crippen LogP contribution in [0.3, 0.4) is 0 Å². The molecular weight excluding hydrogens is 410 g/mol. The van der Waals surface area contributed by atoms with Crippen molar-refractivity contribution in [2.75, 3.05) is 19.7 Å². The lowest BCUT2D eigenvalue weighted by molar-refractivity contribution is -0.121. The highest BCUT2D eigenvalue weighted by Crippen LogP contribution is 2.31. The van der Waals surface area contributed by atoms with Crippen LogP contribution >= 0.6 is 15.9 Å². The third-order valence-electron chi connectivity index (χ3n) is 3.84. The number of carbonyl (C=O) groups excluding carboxylic acids is 2. The van der Waals surface area contributed by atoms with Gasteiger partial charge in [0, 0.05) is 19.5 Å². The van der Waals surface area contributed by atoms with Gasteiger partial charge in [-0.25, -0.2) is 0 Å². The number of rotatable bonds is 10. The van der Waals surface area contributed by atoms with Crippen LogP contribution in [0, 0.1) is 11.3 Å². The monoisotopic (exact) mass is 437 g/mol. The Labute approximate surface area is 169 Å². The molecule has 0 aliphatic rings. The molecular formula is C20H28BrN3O3. The SMILES string of the molecule is CC(C)(C)c1ccc(OCCCC(=O)NCCCNC(=O)CC#N)c(Br)c1. The third kappa shape index (κ3) is 9.43. The summed E-state index contributed by atoms with van der Waals surface area (Å²) in [5.74, 6) is 0.447. The Hall–Kier alpha value is -2.07. The summed E-state index contributed by atoms with van der Waals surface area (Å²) < 4.78 is 6.66. The van der Waals surface area contributed by atoms with Crippen molar-refractivity contribution in [1.82, 2.24) is 10.6 Å². The van der Waals surface area contributed by atoms with Gasteiger partial charge in [0.1, 0.15) is 12.2 Å². The second-order valence-corrected chi connectivity index (χ2v) is 8.09. The number of hydrogen-bond acceptors (Lipinski definition) is 4. The molecule has 27 heavy (non-hydrogen) atoms. The number of carbonyl (C=O) groups is 2. The van der Waals surface area contributed by atoms with E-state index in [0.717, 1.165) is 10.2 Å². The van der Waals surface area contributed by atoms with Crippen molar-refractivity contribution in [1.29, 1.82) is 5.26 Å². The van der Waals surface area contributed by atoms with Gasteiger partial charge < -0.3 is 15.4 Å². The summed E-state index contributed by atoms with van der Waals surface area (Å²) in [6.07, 6.45) is 1.50. The van der Waals surface area contributed by atoms with E-state index in [9.17, 15) is 9.59 Å². The number of nitrogens with one attached hydrogen (secondary N) is 2. The van der Waals surface area contributed by atoms with Crippen LogP contribution in [0.5, 0.6) is 5.75 Å². The lowest BCUT2D eigenvalue weighted by Crippen LogP contribution is -2.29. The number of nitriles is 1. The molecule has 6 nitrogen and oxygen atoms in total. The summed E-state index contributed by atoms with van der Waals surface area (Å²) in [5.41, 5.74) is 1.31. The average molecular weight is 438 g/mol. The first kappa shape index (κ1) is 23.0. The summed E-state index contributed by atoms with van der Waals surface area (Å²) in [4.78, 5) is 22.9. The third-order valence-corrected chi connectivity index (χ3v) is 4.46. The zero-order valence-electron chi connectivity index (χ0n) is 16.2. The summed E-state index contributed by atoms with van der Waals surface area (Å²) in [7, 11) is 0. The molecule has 0 saturated heterocycles. The molecule has 0 aromatic heterocycles. The Bertz CT molecular complexity index is 678. The molecule has 0 unspecified atom stereocenters. The minimum atomic E-state index is -0.289. The van der Waals surface area contributed by atoms with Crippen molar-refractivity contribution >= 4 is 27.7 Å². The fraction of sp³-hybridized carbons (Fsp3) is 0.550. The molecule has 2 amide bonds. The number of halogens is 1. The Kier molecular flexibility index (Phi) is 9.87. The van der Waals surface area contributed by atoms with E-state index in [1.54, 1.807) is 6.07 Å². The van der Waals surface area contributed by atoms with Crippen LogP contribution in [0.1, 0.15) is 52.0 Å². The van der Waals surface area contributed by atoms with Gasteiger partial charge in [-0.2, -0.15) is 5.26 Å². The number of nitrogens with zero attached hydrogens (tertiary/aromatic N) is 1. The predicted octanol–water partition coefficient (Wildman–Crippen LogP) is 3.44. The molecule has 1 rings (SSSR count). The number of benzene rings is 1. The van der Waals surface area contributed by atoms with Crippen LogP contribution in [0.2, 0.25) is 0 Å². The van der Waals surface area contributed by atoms with Crippen molar-refractivity contribution in [2.24, 2.45) is 0 Å².